The van der Waals surface area contributed by atoms with Crippen LogP contribution < -0.4 is 0 Å². The molecule has 1 fully saturated rings. The number of sulfonamides is 2. The lowest BCUT2D eigenvalue weighted by Gasteiger charge is -2.33. The SMILES string of the molecule is CCS(=O)(=O)N1CC[C@]2(C1)c1ccccc1S(=O)(=O)N2Cc1csc(C)n1. The molecule has 0 radical (unpaired) electrons. The molecule has 1 atom stereocenters. The van der Waals surface area contributed by atoms with Gasteiger partial charge in [0.25, 0.3) is 0 Å². The summed E-state index contributed by atoms with van der Waals surface area (Å²) >= 11 is 1.47. The van der Waals surface area contributed by atoms with Crippen molar-refractivity contribution in [2.75, 3.05) is 18.8 Å². The Hall–Kier alpha value is -1.33. The molecule has 0 aliphatic carbocycles. The summed E-state index contributed by atoms with van der Waals surface area (Å²) in [5, 5.41) is 2.73. The van der Waals surface area contributed by atoms with Crippen LogP contribution in [0.2, 0.25) is 0 Å². The van der Waals surface area contributed by atoms with Gasteiger partial charge in [0.2, 0.25) is 20.0 Å². The fourth-order valence-electron chi connectivity index (χ4n) is 4.03. The molecule has 0 bridgehead atoms. The number of fused-ring (bicyclic) bond motifs is 2. The number of aryl methyl sites for hydroxylation is 1. The number of hydrogen-bond acceptors (Lipinski definition) is 6. The third-order valence-electron chi connectivity index (χ3n) is 5.38. The Morgan fingerprint density at radius 2 is 2.04 bits per heavy atom. The van der Waals surface area contributed by atoms with Gasteiger partial charge in [0, 0.05) is 18.5 Å². The zero-order chi connectivity index (χ0) is 19.4. The summed E-state index contributed by atoms with van der Waals surface area (Å²) < 4.78 is 54.4. The predicted octanol–water partition coefficient (Wildman–Crippen LogP) is 1.91. The first-order valence-electron chi connectivity index (χ1n) is 8.72. The zero-order valence-corrected chi connectivity index (χ0v) is 17.6. The van der Waals surface area contributed by atoms with E-state index in [0.29, 0.717) is 24.2 Å². The number of hydrogen-bond donors (Lipinski definition) is 0. The van der Waals surface area contributed by atoms with Crippen LogP contribution in [0.1, 0.15) is 29.6 Å². The number of aromatic nitrogens is 1. The number of nitrogens with zero attached hydrogens (tertiary/aromatic N) is 3. The largest absolute Gasteiger partial charge is 0.245 e. The highest BCUT2D eigenvalue weighted by Crippen LogP contribution is 2.50. The van der Waals surface area contributed by atoms with Crippen LogP contribution in [0.25, 0.3) is 0 Å². The van der Waals surface area contributed by atoms with E-state index in [4.69, 9.17) is 0 Å². The van der Waals surface area contributed by atoms with E-state index in [1.807, 2.05) is 18.4 Å². The third-order valence-corrected chi connectivity index (χ3v) is 10.00. The molecule has 1 aromatic carbocycles. The summed E-state index contributed by atoms with van der Waals surface area (Å²) in [5.74, 6) is 0.00274. The van der Waals surface area contributed by atoms with Crippen LogP contribution in [0.4, 0.5) is 0 Å². The number of thiazole rings is 1. The van der Waals surface area contributed by atoms with Crippen LogP contribution in [0.5, 0.6) is 0 Å². The van der Waals surface area contributed by atoms with E-state index in [1.54, 1.807) is 25.1 Å². The standard InChI is InChI=1S/C17H21N3O4S3/c1-3-26(21,22)19-9-8-17(12-19)15-6-4-5-7-16(15)27(23,24)20(17)10-14-11-25-13(2)18-14/h4-7,11H,3,8-10,12H2,1-2H3/t17-/m0/s1. The van der Waals surface area contributed by atoms with E-state index in [0.717, 1.165) is 5.01 Å². The van der Waals surface area contributed by atoms with Gasteiger partial charge in [-0.3, -0.25) is 0 Å². The van der Waals surface area contributed by atoms with Gasteiger partial charge in [-0.2, -0.15) is 8.61 Å². The van der Waals surface area contributed by atoms with Crippen LogP contribution >= 0.6 is 11.3 Å². The second-order valence-electron chi connectivity index (χ2n) is 6.88. The van der Waals surface area contributed by atoms with Crippen molar-refractivity contribution < 1.29 is 16.8 Å². The lowest BCUT2D eigenvalue weighted by molar-refractivity contribution is 0.202. The van der Waals surface area contributed by atoms with Crippen LogP contribution in [0, 0.1) is 6.92 Å². The minimum Gasteiger partial charge on any atom is -0.245 e. The van der Waals surface area contributed by atoms with Crippen molar-refractivity contribution in [2.24, 2.45) is 0 Å². The fraction of sp³-hybridized carbons (Fsp3) is 0.471. The Kier molecular flexibility index (Phi) is 4.47. The maximum Gasteiger partial charge on any atom is 0.244 e. The molecule has 3 heterocycles. The summed E-state index contributed by atoms with van der Waals surface area (Å²) in [6.45, 7) is 4.08. The average Bonchev–Trinajstić information content (AvgIpc) is 3.30. The summed E-state index contributed by atoms with van der Waals surface area (Å²) in [6.07, 6.45) is 0.436. The van der Waals surface area contributed by atoms with Gasteiger partial charge in [-0.25, -0.2) is 21.8 Å². The molecule has 0 amide bonds. The van der Waals surface area contributed by atoms with E-state index in [1.165, 1.54) is 19.9 Å². The molecule has 2 aliphatic heterocycles. The van der Waals surface area contributed by atoms with Gasteiger partial charge in [-0.15, -0.1) is 11.3 Å². The summed E-state index contributed by atoms with van der Waals surface area (Å²) in [6, 6.07) is 6.93. The van der Waals surface area contributed by atoms with Gasteiger partial charge in [-0.1, -0.05) is 18.2 Å². The highest BCUT2D eigenvalue weighted by atomic mass is 32.2. The van der Waals surface area contributed by atoms with Gasteiger partial charge in [-0.05, 0) is 31.9 Å². The molecule has 1 spiro atoms. The van der Waals surface area contributed by atoms with Gasteiger partial charge < -0.3 is 0 Å². The van der Waals surface area contributed by atoms with Crippen molar-refractivity contribution in [3.05, 3.63) is 45.9 Å². The summed E-state index contributed by atoms with van der Waals surface area (Å²) in [5.41, 5.74) is 0.491. The fourth-order valence-corrected chi connectivity index (χ4v) is 7.81. The van der Waals surface area contributed by atoms with Crippen molar-refractivity contribution in [1.82, 2.24) is 13.6 Å². The van der Waals surface area contributed by atoms with Crippen molar-refractivity contribution in [1.29, 1.82) is 0 Å². The first-order chi connectivity index (χ1) is 12.7. The first-order valence-corrected chi connectivity index (χ1v) is 12.6. The predicted molar refractivity (Wildman–Crippen MR) is 103 cm³/mol. The van der Waals surface area contributed by atoms with Gasteiger partial charge >= 0.3 is 0 Å². The minimum atomic E-state index is -3.73. The van der Waals surface area contributed by atoms with Crippen molar-refractivity contribution in [3.63, 3.8) is 0 Å². The molecule has 4 rings (SSSR count). The molecule has 7 nitrogen and oxygen atoms in total. The Balaban J connectivity index is 1.84. The van der Waals surface area contributed by atoms with E-state index >= 15 is 0 Å². The van der Waals surface area contributed by atoms with Gasteiger partial charge in [0.1, 0.15) is 0 Å². The van der Waals surface area contributed by atoms with E-state index in [2.05, 4.69) is 4.98 Å². The van der Waals surface area contributed by atoms with Crippen LogP contribution in [-0.2, 0) is 32.1 Å². The second-order valence-corrected chi connectivity index (χ2v) is 12.0. The van der Waals surface area contributed by atoms with E-state index in [9.17, 15) is 16.8 Å². The zero-order valence-electron chi connectivity index (χ0n) is 15.1. The Labute approximate surface area is 163 Å². The maximum absolute atomic E-state index is 13.3. The number of rotatable bonds is 4. The van der Waals surface area contributed by atoms with Crippen molar-refractivity contribution in [3.8, 4) is 0 Å². The Bertz CT molecular complexity index is 1090. The second kappa shape index (κ2) is 6.35. The molecule has 0 saturated carbocycles. The lowest BCUT2D eigenvalue weighted by atomic mass is 9.89. The minimum absolute atomic E-state index is 0.00274. The first kappa shape index (κ1) is 19.0. The van der Waals surface area contributed by atoms with Gasteiger partial charge in [0.05, 0.1) is 33.4 Å². The molecule has 1 saturated heterocycles. The quantitative estimate of drug-likeness (QED) is 0.744. The Morgan fingerprint density at radius 3 is 2.70 bits per heavy atom. The van der Waals surface area contributed by atoms with Gasteiger partial charge in [0.15, 0.2) is 0 Å². The molecule has 146 valence electrons. The normalized spacial score (nSPS) is 25.3. The van der Waals surface area contributed by atoms with Crippen LogP contribution in [-0.4, -0.2) is 49.3 Å². The molecule has 0 unspecified atom stereocenters. The smallest absolute Gasteiger partial charge is 0.244 e. The molecule has 10 heteroatoms. The molecule has 2 aromatic rings. The van der Waals surface area contributed by atoms with E-state index in [-0.39, 0.29) is 23.7 Å². The molecular weight excluding hydrogens is 406 g/mol. The topological polar surface area (TPSA) is 87.7 Å². The summed E-state index contributed by atoms with van der Waals surface area (Å²) in [7, 11) is -7.12. The molecule has 27 heavy (non-hydrogen) atoms. The molecule has 1 aromatic heterocycles. The summed E-state index contributed by atoms with van der Waals surface area (Å²) in [4.78, 5) is 4.69. The maximum atomic E-state index is 13.3. The van der Waals surface area contributed by atoms with E-state index < -0.39 is 25.6 Å². The Morgan fingerprint density at radius 1 is 1.30 bits per heavy atom. The van der Waals surface area contributed by atoms with Crippen molar-refractivity contribution >= 4 is 31.4 Å². The van der Waals surface area contributed by atoms with Crippen LogP contribution in [0.3, 0.4) is 0 Å². The lowest BCUT2D eigenvalue weighted by Crippen LogP contribution is -2.46. The molecule has 2 aliphatic rings. The van der Waals surface area contributed by atoms with Crippen molar-refractivity contribution in [2.45, 2.75) is 37.2 Å². The molecule has 0 N–H and O–H groups in total. The third kappa shape index (κ3) is 2.85. The highest BCUT2D eigenvalue weighted by Gasteiger charge is 2.58. The highest BCUT2D eigenvalue weighted by molar-refractivity contribution is 7.89. The molecular formula is C17H21N3O4S3. The van der Waals surface area contributed by atoms with Crippen LogP contribution in [0.15, 0.2) is 34.5 Å². The average molecular weight is 428 g/mol. The monoisotopic (exact) mass is 427 g/mol. The number of benzene rings is 1.